The van der Waals surface area contributed by atoms with Gasteiger partial charge in [0.15, 0.2) is 0 Å². The average Bonchev–Trinajstić information content (AvgIpc) is 2.80. The van der Waals surface area contributed by atoms with Gasteiger partial charge < -0.3 is 14.5 Å². The molecule has 7 heteroatoms. The summed E-state index contributed by atoms with van der Waals surface area (Å²) >= 11 is 0. The van der Waals surface area contributed by atoms with Crippen LogP contribution in [0.25, 0.3) is 0 Å². The lowest BCUT2D eigenvalue weighted by Crippen LogP contribution is -2.45. The first-order chi connectivity index (χ1) is 11.2. The second kappa shape index (κ2) is 5.96. The number of nitro benzene ring substituents is 1. The van der Waals surface area contributed by atoms with Gasteiger partial charge in [-0.3, -0.25) is 10.1 Å². The van der Waals surface area contributed by atoms with Crippen molar-refractivity contribution in [2.45, 2.75) is 38.8 Å². The quantitative estimate of drug-likeness (QED) is 0.614. The number of anilines is 1. The number of nitrogens with zero attached hydrogens (tertiary/aromatic N) is 3. The molecule has 3 rings (SSSR count). The lowest BCUT2D eigenvalue weighted by Gasteiger charge is -2.34. The molecule has 2 saturated heterocycles. The largest absolute Gasteiger partial charge is 0.444 e. The van der Waals surface area contributed by atoms with E-state index in [1.807, 2.05) is 25.7 Å². The molecule has 0 N–H and O–H groups in total. The van der Waals surface area contributed by atoms with Gasteiger partial charge in [0, 0.05) is 37.5 Å². The molecule has 0 radical (unpaired) electrons. The number of carbonyl (C=O) groups excluding carboxylic acids is 1. The van der Waals surface area contributed by atoms with E-state index in [2.05, 4.69) is 4.90 Å². The Morgan fingerprint density at radius 1 is 1.21 bits per heavy atom. The Labute approximate surface area is 141 Å². The van der Waals surface area contributed by atoms with E-state index in [1.54, 1.807) is 12.1 Å². The molecule has 0 aromatic heterocycles. The summed E-state index contributed by atoms with van der Waals surface area (Å²) in [7, 11) is 0. The smallest absolute Gasteiger partial charge is 0.410 e. The van der Waals surface area contributed by atoms with Crippen LogP contribution in [-0.4, -0.2) is 47.2 Å². The number of non-ortho nitro benzene ring substituents is 1. The van der Waals surface area contributed by atoms with Crippen LogP contribution in [0.1, 0.15) is 27.2 Å². The zero-order valence-corrected chi connectivity index (χ0v) is 14.3. The van der Waals surface area contributed by atoms with Gasteiger partial charge in [-0.05, 0) is 45.2 Å². The maximum Gasteiger partial charge on any atom is 0.410 e. The summed E-state index contributed by atoms with van der Waals surface area (Å²) in [5.41, 5.74) is 0.557. The van der Waals surface area contributed by atoms with Gasteiger partial charge in [0.25, 0.3) is 5.69 Å². The number of ether oxygens (including phenoxy) is 1. The highest BCUT2D eigenvalue weighted by atomic mass is 16.6. The van der Waals surface area contributed by atoms with Gasteiger partial charge in [-0.1, -0.05) is 0 Å². The van der Waals surface area contributed by atoms with Crippen molar-refractivity contribution in [3.63, 3.8) is 0 Å². The van der Waals surface area contributed by atoms with Gasteiger partial charge in [0.2, 0.25) is 0 Å². The predicted molar refractivity (Wildman–Crippen MR) is 90.1 cm³/mol. The van der Waals surface area contributed by atoms with E-state index in [-0.39, 0.29) is 17.8 Å². The molecule has 2 atom stereocenters. The van der Waals surface area contributed by atoms with E-state index in [1.165, 1.54) is 12.1 Å². The topological polar surface area (TPSA) is 75.9 Å². The summed E-state index contributed by atoms with van der Waals surface area (Å²) in [5.74, 6) is 0.409. The van der Waals surface area contributed by atoms with Crippen LogP contribution in [0, 0.1) is 16.0 Å². The molecule has 130 valence electrons. The highest BCUT2D eigenvalue weighted by molar-refractivity contribution is 5.69. The molecule has 2 heterocycles. The van der Waals surface area contributed by atoms with E-state index in [9.17, 15) is 14.9 Å². The Morgan fingerprint density at radius 3 is 2.46 bits per heavy atom. The predicted octanol–water partition coefficient (Wildman–Crippen LogP) is 3.04. The number of benzene rings is 1. The lowest BCUT2D eigenvalue weighted by molar-refractivity contribution is -0.384. The fourth-order valence-electron chi connectivity index (χ4n) is 3.50. The van der Waals surface area contributed by atoms with Crippen LogP contribution in [0.15, 0.2) is 24.3 Å². The van der Waals surface area contributed by atoms with Crippen LogP contribution >= 0.6 is 0 Å². The molecule has 2 aliphatic heterocycles. The third-order valence-corrected chi connectivity index (χ3v) is 4.46. The standard InChI is InChI=1S/C17H23N3O4/c1-17(2,3)24-16(21)19-10-12-8-15(19)11-18(9-12)13-4-6-14(7-5-13)20(22)23/h4-7,12,15H,8-11H2,1-3H3. The summed E-state index contributed by atoms with van der Waals surface area (Å²) in [6.45, 7) is 7.91. The minimum absolute atomic E-state index is 0.0918. The summed E-state index contributed by atoms with van der Waals surface area (Å²) in [4.78, 5) is 26.8. The molecule has 0 spiro atoms. The lowest BCUT2D eigenvalue weighted by atomic mass is 9.99. The molecule has 0 aliphatic carbocycles. The van der Waals surface area contributed by atoms with Crippen molar-refractivity contribution in [3.05, 3.63) is 34.4 Å². The number of fused-ring (bicyclic) bond motifs is 2. The highest BCUT2D eigenvalue weighted by Gasteiger charge is 2.42. The third kappa shape index (κ3) is 3.44. The monoisotopic (exact) mass is 333 g/mol. The van der Waals surface area contributed by atoms with Gasteiger partial charge in [-0.25, -0.2) is 4.79 Å². The Bertz CT molecular complexity index is 638. The first-order valence-electron chi connectivity index (χ1n) is 8.22. The molecule has 0 saturated carbocycles. The second-order valence-corrected chi connectivity index (χ2v) is 7.57. The Morgan fingerprint density at radius 2 is 1.88 bits per heavy atom. The maximum absolute atomic E-state index is 12.4. The van der Waals surface area contributed by atoms with Gasteiger partial charge in [0.1, 0.15) is 5.60 Å². The molecule has 2 bridgehead atoms. The van der Waals surface area contributed by atoms with Gasteiger partial charge in [-0.2, -0.15) is 0 Å². The van der Waals surface area contributed by atoms with Gasteiger partial charge in [-0.15, -0.1) is 0 Å². The molecule has 1 aromatic carbocycles. The minimum atomic E-state index is -0.494. The van der Waals surface area contributed by atoms with Crippen molar-refractivity contribution in [1.29, 1.82) is 0 Å². The molecule has 2 unspecified atom stereocenters. The van der Waals surface area contributed by atoms with Crippen molar-refractivity contribution in [1.82, 2.24) is 4.90 Å². The summed E-state index contributed by atoms with van der Waals surface area (Å²) < 4.78 is 5.51. The second-order valence-electron chi connectivity index (χ2n) is 7.57. The SMILES string of the molecule is CC(C)(C)OC(=O)N1CC2CC1CN(c1ccc([N+](=O)[O-])cc1)C2. The Hall–Kier alpha value is -2.31. The molecule has 7 nitrogen and oxygen atoms in total. The molecule has 2 fully saturated rings. The van der Waals surface area contributed by atoms with E-state index in [4.69, 9.17) is 4.74 Å². The maximum atomic E-state index is 12.4. The highest BCUT2D eigenvalue weighted by Crippen LogP contribution is 2.33. The van der Waals surface area contributed by atoms with Crippen molar-refractivity contribution < 1.29 is 14.5 Å². The fraction of sp³-hybridized carbons (Fsp3) is 0.588. The summed E-state index contributed by atoms with van der Waals surface area (Å²) in [6.07, 6.45) is 0.739. The molecule has 24 heavy (non-hydrogen) atoms. The molecular formula is C17H23N3O4. The Kier molecular flexibility index (Phi) is 4.11. The van der Waals surface area contributed by atoms with Gasteiger partial charge >= 0.3 is 6.09 Å². The molecule has 1 amide bonds. The van der Waals surface area contributed by atoms with Crippen molar-refractivity contribution in [2.24, 2.45) is 5.92 Å². The van der Waals surface area contributed by atoms with Crippen LogP contribution in [-0.2, 0) is 4.74 Å². The van der Waals surface area contributed by atoms with Crippen molar-refractivity contribution >= 4 is 17.5 Å². The summed E-state index contributed by atoms with van der Waals surface area (Å²) in [5, 5.41) is 10.8. The number of carbonyl (C=O) groups is 1. The minimum Gasteiger partial charge on any atom is -0.444 e. The number of piperidine rings is 1. The average molecular weight is 333 g/mol. The van der Waals surface area contributed by atoms with E-state index >= 15 is 0 Å². The number of amides is 1. The third-order valence-electron chi connectivity index (χ3n) is 4.46. The molecule has 2 aliphatic rings. The zero-order chi connectivity index (χ0) is 17.5. The van der Waals surface area contributed by atoms with Crippen LogP contribution < -0.4 is 4.90 Å². The fourth-order valence-corrected chi connectivity index (χ4v) is 3.50. The first kappa shape index (κ1) is 16.5. The van der Waals surface area contributed by atoms with E-state index in [0.717, 1.165) is 25.2 Å². The van der Waals surface area contributed by atoms with Crippen LogP contribution in [0.5, 0.6) is 0 Å². The van der Waals surface area contributed by atoms with Gasteiger partial charge in [0.05, 0.1) is 11.0 Å². The number of rotatable bonds is 2. The zero-order valence-electron chi connectivity index (χ0n) is 14.3. The summed E-state index contributed by atoms with van der Waals surface area (Å²) in [6, 6.07) is 6.74. The van der Waals surface area contributed by atoms with Crippen molar-refractivity contribution in [3.8, 4) is 0 Å². The number of likely N-dealkylation sites (tertiary alicyclic amines) is 1. The van der Waals surface area contributed by atoms with E-state index < -0.39 is 10.5 Å². The first-order valence-corrected chi connectivity index (χ1v) is 8.22. The van der Waals surface area contributed by atoms with Crippen molar-refractivity contribution in [2.75, 3.05) is 24.5 Å². The normalized spacial score (nSPS) is 23.3. The van der Waals surface area contributed by atoms with Crippen LogP contribution in [0.2, 0.25) is 0 Å². The molecular weight excluding hydrogens is 310 g/mol. The number of hydrogen-bond donors (Lipinski definition) is 0. The van der Waals surface area contributed by atoms with Crippen LogP contribution in [0.4, 0.5) is 16.2 Å². The van der Waals surface area contributed by atoms with Crippen LogP contribution in [0.3, 0.4) is 0 Å². The Balaban J connectivity index is 1.69. The molecule has 1 aromatic rings. The number of nitro groups is 1. The number of hydrogen-bond acceptors (Lipinski definition) is 5. The van der Waals surface area contributed by atoms with E-state index in [0.29, 0.717) is 12.5 Å².